The van der Waals surface area contributed by atoms with Crippen LogP contribution in [-0.2, 0) is 6.18 Å². The number of nitrogens with zero attached hydrogens (tertiary/aromatic N) is 3. The number of halogens is 3. The molecule has 1 heterocycles. The highest BCUT2D eigenvalue weighted by atomic mass is 19.4. The van der Waals surface area contributed by atoms with Crippen LogP contribution in [0.15, 0.2) is 30.5 Å². The van der Waals surface area contributed by atoms with E-state index < -0.39 is 17.6 Å². The van der Waals surface area contributed by atoms with Gasteiger partial charge in [0.1, 0.15) is 17.4 Å². The van der Waals surface area contributed by atoms with Gasteiger partial charge in [-0.3, -0.25) is 0 Å². The molecule has 0 saturated heterocycles. The summed E-state index contributed by atoms with van der Waals surface area (Å²) in [7, 11) is 3.19. The van der Waals surface area contributed by atoms with Gasteiger partial charge in [-0.2, -0.15) is 18.2 Å². The van der Waals surface area contributed by atoms with Crippen molar-refractivity contribution in [3.63, 3.8) is 0 Å². The molecule has 0 radical (unpaired) electrons. The number of aromatic nitrogens is 2. The Labute approximate surface area is 149 Å². The highest BCUT2D eigenvalue weighted by Gasteiger charge is 2.37. The van der Waals surface area contributed by atoms with Gasteiger partial charge in [-0.25, -0.2) is 4.98 Å². The van der Waals surface area contributed by atoms with Gasteiger partial charge in [0.05, 0.1) is 12.8 Å². The van der Waals surface area contributed by atoms with Gasteiger partial charge >= 0.3 is 6.18 Å². The molecule has 8 heteroatoms. The minimum atomic E-state index is -4.57. The predicted octanol–water partition coefficient (Wildman–Crippen LogP) is 4.59. The van der Waals surface area contributed by atoms with Gasteiger partial charge in [0.2, 0.25) is 11.8 Å². The van der Waals surface area contributed by atoms with Gasteiger partial charge in [-0.15, -0.1) is 0 Å². The number of hydrogen-bond acceptors (Lipinski definition) is 5. The normalized spacial score (nSPS) is 15.1. The van der Waals surface area contributed by atoms with Crippen LogP contribution in [0.2, 0.25) is 0 Å². The van der Waals surface area contributed by atoms with Crippen molar-refractivity contribution in [2.24, 2.45) is 0 Å². The summed E-state index contributed by atoms with van der Waals surface area (Å²) in [4.78, 5) is 9.53. The number of alkyl halides is 3. The lowest BCUT2D eigenvalue weighted by molar-refractivity contribution is -0.139. The van der Waals surface area contributed by atoms with Crippen LogP contribution in [0.1, 0.15) is 31.2 Å². The molecule has 0 aliphatic heterocycles. The van der Waals surface area contributed by atoms with Crippen molar-refractivity contribution >= 4 is 11.6 Å². The van der Waals surface area contributed by atoms with Crippen LogP contribution in [0.4, 0.5) is 24.8 Å². The Morgan fingerprint density at radius 1 is 1.15 bits per heavy atom. The number of rotatable bonds is 5. The standard InChI is InChI=1S/C18H20F3N3O2/c1-24(14-9-5-6-10-15(14)25-2)17-22-11-13(18(19,20)21)16(23-17)26-12-7-3-4-8-12/h5-6,9-12H,3-4,7-8H2,1-2H3. The average Bonchev–Trinajstić information content (AvgIpc) is 3.13. The first-order valence-electron chi connectivity index (χ1n) is 8.38. The summed E-state index contributed by atoms with van der Waals surface area (Å²) in [6.45, 7) is 0. The van der Waals surface area contributed by atoms with E-state index in [0.29, 0.717) is 11.4 Å². The maximum Gasteiger partial charge on any atom is 0.423 e. The quantitative estimate of drug-likeness (QED) is 0.773. The fourth-order valence-corrected chi connectivity index (χ4v) is 2.98. The Morgan fingerprint density at radius 2 is 1.85 bits per heavy atom. The fourth-order valence-electron chi connectivity index (χ4n) is 2.98. The third-order valence-corrected chi connectivity index (χ3v) is 4.37. The molecule has 0 spiro atoms. The van der Waals surface area contributed by atoms with E-state index in [2.05, 4.69) is 9.97 Å². The van der Waals surface area contributed by atoms with Crippen molar-refractivity contribution in [3.05, 3.63) is 36.0 Å². The molecular weight excluding hydrogens is 347 g/mol. The van der Waals surface area contributed by atoms with Gasteiger partial charge in [-0.1, -0.05) is 12.1 Å². The molecule has 0 unspecified atom stereocenters. The Kier molecular flexibility index (Phi) is 5.20. The van der Waals surface area contributed by atoms with E-state index >= 15 is 0 Å². The van der Waals surface area contributed by atoms with Crippen LogP contribution < -0.4 is 14.4 Å². The maximum atomic E-state index is 13.3. The summed E-state index contributed by atoms with van der Waals surface area (Å²) in [5.41, 5.74) is -0.317. The fraction of sp³-hybridized carbons (Fsp3) is 0.444. The molecule has 0 atom stereocenters. The van der Waals surface area contributed by atoms with Crippen LogP contribution in [-0.4, -0.2) is 30.2 Å². The summed E-state index contributed by atoms with van der Waals surface area (Å²) in [5.74, 6) is 0.253. The summed E-state index contributed by atoms with van der Waals surface area (Å²) >= 11 is 0. The summed E-state index contributed by atoms with van der Waals surface area (Å²) in [5, 5.41) is 0. The largest absolute Gasteiger partial charge is 0.495 e. The van der Waals surface area contributed by atoms with Gasteiger partial charge in [0, 0.05) is 13.2 Å². The number of para-hydroxylation sites is 2. The van der Waals surface area contributed by atoms with Crippen molar-refractivity contribution in [2.45, 2.75) is 38.0 Å². The van der Waals surface area contributed by atoms with Crippen LogP contribution in [0.3, 0.4) is 0 Å². The second-order valence-electron chi connectivity index (χ2n) is 6.14. The zero-order valence-electron chi connectivity index (χ0n) is 14.6. The minimum absolute atomic E-state index is 0.107. The average molecular weight is 367 g/mol. The molecule has 1 saturated carbocycles. The van der Waals surface area contributed by atoms with Crippen LogP contribution in [0, 0.1) is 0 Å². The Bertz CT molecular complexity index is 762. The van der Waals surface area contributed by atoms with Gasteiger partial charge in [0.25, 0.3) is 0 Å². The molecule has 26 heavy (non-hydrogen) atoms. The summed E-state index contributed by atoms with van der Waals surface area (Å²) < 4.78 is 50.8. The van der Waals surface area contributed by atoms with Crippen molar-refractivity contribution in [1.82, 2.24) is 9.97 Å². The molecule has 1 fully saturated rings. The van der Waals surface area contributed by atoms with E-state index in [-0.39, 0.29) is 12.1 Å². The Hall–Kier alpha value is -2.51. The van der Waals surface area contributed by atoms with Gasteiger partial charge in [-0.05, 0) is 37.8 Å². The maximum absolute atomic E-state index is 13.3. The van der Waals surface area contributed by atoms with Crippen LogP contribution in [0.5, 0.6) is 11.6 Å². The lowest BCUT2D eigenvalue weighted by atomic mass is 10.2. The van der Waals surface area contributed by atoms with E-state index in [9.17, 15) is 13.2 Å². The van der Waals surface area contributed by atoms with E-state index in [4.69, 9.17) is 9.47 Å². The van der Waals surface area contributed by atoms with Crippen molar-refractivity contribution in [2.75, 3.05) is 19.1 Å². The van der Waals surface area contributed by atoms with Crippen molar-refractivity contribution < 1.29 is 22.6 Å². The SMILES string of the molecule is COc1ccccc1N(C)c1ncc(C(F)(F)F)c(OC2CCCC2)n1. The summed E-state index contributed by atoms with van der Waals surface area (Å²) in [6, 6.07) is 7.13. The highest BCUT2D eigenvalue weighted by molar-refractivity contribution is 5.64. The molecule has 1 aliphatic rings. The van der Waals surface area contributed by atoms with Crippen LogP contribution >= 0.6 is 0 Å². The molecule has 1 aromatic heterocycles. The second-order valence-corrected chi connectivity index (χ2v) is 6.14. The topological polar surface area (TPSA) is 47.5 Å². The number of hydrogen-bond donors (Lipinski definition) is 0. The monoisotopic (exact) mass is 367 g/mol. The highest BCUT2D eigenvalue weighted by Crippen LogP contribution is 2.38. The zero-order valence-corrected chi connectivity index (χ0v) is 14.6. The van der Waals surface area contributed by atoms with E-state index in [1.165, 1.54) is 7.11 Å². The lowest BCUT2D eigenvalue weighted by Crippen LogP contribution is -2.20. The van der Waals surface area contributed by atoms with Crippen LogP contribution in [0.25, 0.3) is 0 Å². The zero-order chi connectivity index (χ0) is 18.7. The molecule has 0 bridgehead atoms. The minimum Gasteiger partial charge on any atom is -0.495 e. The van der Waals surface area contributed by atoms with Crippen molar-refractivity contribution in [3.8, 4) is 11.6 Å². The first kappa shape index (κ1) is 18.3. The lowest BCUT2D eigenvalue weighted by Gasteiger charge is -2.22. The molecule has 140 valence electrons. The van der Waals surface area contributed by atoms with Crippen molar-refractivity contribution in [1.29, 1.82) is 0 Å². The Balaban J connectivity index is 1.97. The predicted molar refractivity (Wildman–Crippen MR) is 91.0 cm³/mol. The number of ether oxygens (including phenoxy) is 2. The molecule has 0 N–H and O–H groups in total. The molecule has 5 nitrogen and oxygen atoms in total. The summed E-state index contributed by atoms with van der Waals surface area (Å²) in [6.07, 6.45) is -0.669. The Morgan fingerprint density at radius 3 is 2.50 bits per heavy atom. The third-order valence-electron chi connectivity index (χ3n) is 4.37. The third kappa shape index (κ3) is 3.84. The molecule has 0 amide bonds. The molecular formula is C18H20F3N3O2. The first-order chi connectivity index (χ1) is 12.4. The van der Waals surface area contributed by atoms with E-state index in [1.807, 2.05) is 0 Å². The molecule has 3 rings (SSSR count). The van der Waals surface area contributed by atoms with E-state index in [0.717, 1.165) is 31.9 Å². The van der Waals surface area contributed by atoms with E-state index in [1.54, 1.807) is 36.2 Å². The molecule has 1 aromatic carbocycles. The smallest absolute Gasteiger partial charge is 0.423 e. The van der Waals surface area contributed by atoms with Gasteiger partial charge < -0.3 is 14.4 Å². The molecule has 1 aliphatic carbocycles. The first-order valence-corrected chi connectivity index (χ1v) is 8.38. The second kappa shape index (κ2) is 7.39. The number of methoxy groups -OCH3 is 1. The molecule has 2 aromatic rings. The van der Waals surface area contributed by atoms with Gasteiger partial charge in [0.15, 0.2) is 0 Å². The number of benzene rings is 1. The number of anilines is 2.